The van der Waals surface area contributed by atoms with E-state index in [0.717, 1.165) is 17.0 Å². The summed E-state index contributed by atoms with van der Waals surface area (Å²) in [6.07, 6.45) is 3.74. The van der Waals surface area contributed by atoms with Crippen LogP contribution >= 0.6 is 0 Å². The predicted molar refractivity (Wildman–Crippen MR) is 59.3 cm³/mol. The molecule has 4 nitrogen and oxygen atoms in total. The molecule has 78 valence electrons. The van der Waals surface area contributed by atoms with Gasteiger partial charge in [0.05, 0.1) is 13.3 Å². The SMILES string of the molecule is COc1cc(N)ccc1-n1cc(C)cn1. The lowest BCUT2D eigenvalue weighted by Gasteiger charge is -2.08. The third-order valence-corrected chi connectivity index (χ3v) is 2.16. The quantitative estimate of drug-likeness (QED) is 0.757. The molecule has 0 atom stereocenters. The lowest BCUT2D eigenvalue weighted by Crippen LogP contribution is -1.99. The molecule has 0 amide bonds. The molecule has 1 heterocycles. The van der Waals surface area contributed by atoms with E-state index in [9.17, 15) is 0 Å². The number of hydrogen-bond acceptors (Lipinski definition) is 3. The minimum Gasteiger partial charge on any atom is -0.494 e. The molecule has 0 aliphatic heterocycles. The van der Waals surface area contributed by atoms with Crippen molar-refractivity contribution >= 4 is 5.69 Å². The van der Waals surface area contributed by atoms with Crippen molar-refractivity contribution in [1.29, 1.82) is 0 Å². The maximum atomic E-state index is 5.68. The lowest BCUT2D eigenvalue weighted by molar-refractivity contribution is 0.412. The molecule has 0 saturated carbocycles. The molecular formula is C11H13N3O. The van der Waals surface area contributed by atoms with Crippen LogP contribution in [-0.4, -0.2) is 16.9 Å². The minimum absolute atomic E-state index is 0.680. The van der Waals surface area contributed by atoms with Gasteiger partial charge in [0.25, 0.3) is 0 Å². The van der Waals surface area contributed by atoms with E-state index in [1.165, 1.54) is 0 Å². The Bertz CT molecular complexity index is 476. The normalized spacial score (nSPS) is 10.3. The fourth-order valence-electron chi connectivity index (χ4n) is 1.43. The first kappa shape index (κ1) is 9.58. The smallest absolute Gasteiger partial charge is 0.146 e. The number of benzene rings is 1. The monoisotopic (exact) mass is 203 g/mol. The average molecular weight is 203 g/mol. The maximum Gasteiger partial charge on any atom is 0.146 e. The number of aryl methyl sites for hydroxylation is 1. The summed E-state index contributed by atoms with van der Waals surface area (Å²) in [6, 6.07) is 5.50. The molecule has 0 spiro atoms. The predicted octanol–water partition coefficient (Wildman–Crippen LogP) is 1.77. The Morgan fingerprint density at radius 1 is 1.40 bits per heavy atom. The van der Waals surface area contributed by atoms with Gasteiger partial charge in [0, 0.05) is 18.0 Å². The molecule has 2 aromatic rings. The van der Waals surface area contributed by atoms with E-state index in [1.54, 1.807) is 24.1 Å². The molecule has 0 saturated heterocycles. The Balaban J connectivity index is 2.52. The number of nitrogen functional groups attached to an aromatic ring is 1. The van der Waals surface area contributed by atoms with E-state index < -0.39 is 0 Å². The van der Waals surface area contributed by atoms with Crippen molar-refractivity contribution < 1.29 is 4.74 Å². The molecule has 2 N–H and O–H groups in total. The van der Waals surface area contributed by atoms with Crippen LogP contribution < -0.4 is 10.5 Å². The molecule has 0 radical (unpaired) electrons. The fraction of sp³-hybridized carbons (Fsp3) is 0.182. The average Bonchev–Trinajstić information content (AvgIpc) is 2.64. The van der Waals surface area contributed by atoms with Gasteiger partial charge in [0.2, 0.25) is 0 Å². The van der Waals surface area contributed by atoms with E-state index >= 15 is 0 Å². The molecule has 0 aliphatic carbocycles. The summed E-state index contributed by atoms with van der Waals surface area (Å²) in [5.41, 5.74) is 8.35. The third kappa shape index (κ3) is 1.79. The number of rotatable bonds is 2. The van der Waals surface area contributed by atoms with Gasteiger partial charge < -0.3 is 10.5 Å². The summed E-state index contributed by atoms with van der Waals surface area (Å²) >= 11 is 0. The van der Waals surface area contributed by atoms with Crippen molar-refractivity contribution in [1.82, 2.24) is 9.78 Å². The fourth-order valence-corrected chi connectivity index (χ4v) is 1.43. The van der Waals surface area contributed by atoms with Crippen LogP contribution in [0, 0.1) is 6.92 Å². The first-order valence-corrected chi connectivity index (χ1v) is 4.66. The molecule has 0 unspecified atom stereocenters. The molecule has 15 heavy (non-hydrogen) atoms. The van der Waals surface area contributed by atoms with E-state index in [-0.39, 0.29) is 0 Å². The van der Waals surface area contributed by atoms with Crippen LogP contribution in [0.25, 0.3) is 5.69 Å². The highest BCUT2D eigenvalue weighted by atomic mass is 16.5. The largest absolute Gasteiger partial charge is 0.494 e. The summed E-state index contributed by atoms with van der Waals surface area (Å²) in [5.74, 6) is 0.720. The molecule has 0 bridgehead atoms. The number of nitrogens with two attached hydrogens (primary N) is 1. The van der Waals surface area contributed by atoms with E-state index in [0.29, 0.717) is 5.69 Å². The van der Waals surface area contributed by atoms with Gasteiger partial charge >= 0.3 is 0 Å². The number of ether oxygens (including phenoxy) is 1. The Labute approximate surface area is 88.3 Å². The highest BCUT2D eigenvalue weighted by Gasteiger charge is 2.06. The van der Waals surface area contributed by atoms with Crippen LogP contribution in [0.4, 0.5) is 5.69 Å². The van der Waals surface area contributed by atoms with Crippen LogP contribution in [0.3, 0.4) is 0 Å². The lowest BCUT2D eigenvalue weighted by atomic mass is 10.2. The highest BCUT2D eigenvalue weighted by molar-refractivity contribution is 5.55. The van der Waals surface area contributed by atoms with Gasteiger partial charge in [0.1, 0.15) is 11.4 Å². The van der Waals surface area contributed by atoms with E-state index in [1.807, 2.05) is 25.3 Å². The number of aromatic nitrogens is 2. The standard InChI is InChI=1S/C11H13N3O/c1-8-6-13-14(7-8)10-4-3-9(12)5-11(10)15-2/h3-7H,12H2,1-2H3. The molecule has 4 heteroatoms. The summed E-state index contributed by atoms with van der Waals surface area (Å²) in [6.45, 7) is 1.99. The highest BCUT2D eigenvalue weighted by Crippen LogP contribution is 2.24. The van der Waals surface area contributed by atoms with Gasteiger partial charge in [-0.1, -0.05) is 0 Å². The topological polar surface area (TPSA) is 53.1 Å². The second-order valence-electron chi connectivity index (χ2n) is 3.39. The Morgan fingerprint density at radius 2 is 2.20 bits per heavy atom. The molecule has 2 rings (SSSR count). The maximum absolute atomic E-state index is 5.68. The molecule has 0 aliphatic rings. The minimum atomic E-state index is 0.680. The first-order valence-electron chi connectivity index (χ1n) is 4.66. The van der Waals surface area contributed by atoms with Gasteiger partial charge in [-0.25, -0.2) is 4.68 Å². The second kappa shape index (κ2) is 3.65. The van der Waals surface area contributed by atoms with Crippen molar-refractivity contribution in [2.45, 2.75) is 6.92 Å². The van der Waals surface area contributed by atoms with Gasteiger partial charge in [-0.3, -0.25) is 0 Å². The van der Waals surface area contributed by atoms with Gasteiger partial charge in [0.15, 0.2) is 0 Å². The first-order chi connectivity index (χ1) is 7.20. The summed E-state index contributed by atoms with van der Waals surface area (Å²) in [5, 5.41) is 4.22. The van der Waals surface area contributed by atoms with E-state index in [4.69, 9.17) is 10.5 Å². The van der Waals surface area contributed by atoms with Crippen LogP contribution in [-0.2, 0) is 0 Å². The van der Waals surface area contributed by atoms with Crippen LogP contribution in [0.15, 0.2) is 30.6 Å². The molecule has 0 fully saturated rings. The zero-order valence-electron chi connectivity index (χ0n) is 8.77. The summed E-state index contributed by atoms with van der Waals surface area (Å²) in [7, 11) is 1.62. The number of anilines is 1. The third-order valence-electron chi connectivity index (χ3n) is 2.16. The zero-order valence-corrected chi connectivity index (χ0v) is 8.77. The number of hydrogen-bond donors (Lipinski definition) is 1. The number of methoxy groups -OCH3 is 1. The van der Waals surface area contributed by atoms with Gasteiger partial charge in [-0.2, -0.15) is 5.10 Å². The Morgan fingerprint density at radius 3 is 2.80 bits per heavy atom. The van der Waals surface area contributed by atoms with Crippen LogP contribution in [0.5, 0.6) is 5.75 Å². The second-order valence-corrected chi connectivity index (χ2v) is 3.39. The summed E-state index contributed by atoms with van der Waals surface area (Å²) < 4.78 is 7.02. The van der Waals surface area contributed by atoms with E-state index in [2.05, 4.69) is 5.10 Å². The van der Waals surface area contributed by atoms with Crippen molar-refractivity contribution in [2.24, 2.45) is 0 Å². The molecule has 1 aromatic heterocycles. The van der Waals surface area contributed by atoms with Crippen molar-refractivity contribution in [2.75, 3.05) is 12.8 Å². The van der Waals surface area contributed by atoms with Crippen molar-refractivity contribution in [3.8, 4) is 11.4 Å². The number of nitrogens with zero attached hydrogens (tertiary/aromatic N) is 2. The zero-order chi connectivity index (χ0) is 10.8. The summed E-state index contributed by atoms with van der Waals surface area (Å²) in [4.78, 5) is 0. The van der Waals surface area contributed by atoms with Crippen molar-refractivity contribution in [3.05, 3.63) is 36.2 Å². The Hall–Kier alpha value is -1.97. The van der Waals surface area contributed by atoms with Gasteiger partial charge in [-0.05, 0) is 24.6 Å². The van der Waals surface area contributed by atoms with Crippen LogP contribution in [0.1, 0.15) is 5.56 Å². The van der Waals surface area contributed by atoms with Crippen molar-refractivity contribution in [3.63, 3.8) is 0 Å². The van der Waals surface area contributed by atoms with Gasteiger partial charge in [-0.15, -0.1) is 0 Å². The Kier molecular flexibility index (Phi) is 2.33. The molecule has 1 aromatic carbocycles. The van der Waals surface area contributed by atoms with Crippen LogP contribution in [0.2, 0.25) is 0 Å². The molecular weight excluding hydrogens is 190 g/mol.